The maximum absolute atomic E-state index is 13.1. The van der Waals surface area contributed by atoms with E-state index in [2.05, 4.69) is 15.3 Å². The maximum atomic E-state index is 13.1. The highest BCUT2D eigenvalue weighted by molar-refractivity contribution is 6.32. The molecular weight excluding hydrogens is 309 g/mol. The third-order valence-corrected chi connectivity index (χ3v) is 3.20. The van der Waals surface area contributed by atoms with Crippen molar-refractivity contribution in [2.45, 2.75) is 19.9 Å². The van der Waals surface area contributed by atoms with Crippen LogP contribution in [0.2, 0.25) is 5.02 Å². The first-order valence-electron chi connectivity index (χ1n) is 6.71. The molecule has 0 aromatic carbocycles. The molecular formula is C15H15ClFN3O2. The zero-order valence-corrected chi connectivity index (χ0v) is 12.9. The van der Waals surface area contributed by atoms with Gasteiger partial charge >= 0.3 is 0 Å². The van der Waals surface area contributed by atoms with Gasteiger partial charge in [0.2, 0.25) is 5.88 Å². The summed E-state index contributed by atoms with van der Waals surface area (Å²) in [5.74, 6) is -0.540. The van der Waals surface area contributed by atoms with Crippen molar-refractivity contribution in [1.29, 1.82) is 0 Å². The number of halogens is 2. The Kier molecular flexibility index (Phi) is 5.27. The Labute approximate surface area is 132 Å². The van der Waals surface area contributed by atoms with Gasteiger partial charge in [-0.3, -0.25) is 9.78 Å². The molecule has 0 fully saturated rings. The van der Waals surface area contributed by atoms with Crippen molar-refractivity contribution >= 4 is 17.5 Å². The second-order valence-corrected chi connectivity index (χ2v) is 4.98. The summed E-state index contributed by atoms with van der Waals surface area (Å²) in [7, 11) is 0. The number of carbonyl (C=O) groups is 1. The average molecular weight is 324 g/mol. The van der Waals surface area contributed by atoms with Crippen molar-refractivity contribution in [3.63, 3.8) is 0 Å². The van der Waals surface area contributed by atoms with Crippen LogP contribution in [0.25, 0.3) is 0 Å². The van der Waals surface area contributed by atoms with E-state index in [9.17, 15) is 9.18 Å². The van der Waals surface area contributed by atoms with Crippen LogP contribution in [0, 0.1) is 5.82 Å². The number of ether oxygens (including phenoxy) is 1. The van der Waals surface area contributed by atoms with E-state index in [0.29, 0.717) is 17.7 Å². The number of carbonyl (C=O) groups excluding carboxylic acids is 1. The SMILES string of the molecule is CCOc1ncc(C(=O)N[C@H](C)c2cncc(F)c2)cc1Cl. The summed E-state index contributed by atoms with van der Waals surface area (Å²) >= 11 is 6.00. The van der Waals surface area contributed by atoms with Gasteiger partial charge in [0.05, 0.1) is 24.4 Å². The largest absolute Gasteiger partial charge is 0.477 e. The van der Waals surface area contributed by atoms with Gasteiger partial charge in [-0.15, -0.1) is 0 Å². The lowest BCUT2D eigenvalue weighted by Gasteiger charge is -2.14. The van der Waals surface area contributed by atoms with Gasteiger partial charge in [0, 0.05) is 12.4 Å². The second-order valence-electron chi connectivity index (χ2n) is 4.58. The predicted molar refractivity (Wildman–Crippen MR) is 80.5 cm³/mol. The quantitative estimate of drug-likeness (QED) is 0.918. The fourth-order valence-corrected chi connectivity index (χ4v) is 2.04. The highest BCUT2D eigenvalue weighted by Gasteiger charge is 2.14. The number of amides is 1. The Bertz CT molecular complexity index is 682. The van der Waals surface area contributed by atoms with Crippen molar-refractivity contribution in [3.05, 3.63) is 52.7 Å². The Morgan fingerprint density at radius 1 is 1.41 bits per heavy atom. The molecule has 2 aromatic rings. The van der Waals surface area contributed by atoms with E-state index in [1.54, 1.807) is 6.92 Å². The highest BCUT2D eigenvalue weighted by Crippen LogP contribution is 2.22. The van der Waals surface area contributed by atoms with Crippen LogP contribution >= 0.6 is 11.6 Å². The molecule has 0 aliphatic heterocycles. The third-order valence-electron chi connectivity index (χ3n) is 2.92. The number of pyridine rings is 2. The van der Waals surface area contributed by atoms with Crippen molar-refractivity contribution in [2.24, 2.45) is 0 Å². The molecule has 0 radical (unpaired) electrons. The first-order chi connectivity index (χ1) is 10.5. The summed E-state index contributed by atoms with van der Waals surface area (Å²) in [6.07, 6.45) is 3.98. The van der Waals surface area contributed by atoms with Gasteiger partial charge in [0.25, 0.3) is 5.91 Å². The van der Waals surface area contributed by atoms with Gasteiger partial charge in [-0.2, -0.15) is 0 Å². The highest BCUT2D eigenvalue weighted by atomic mass is 35.5. The first-order valence-corrected chi connectivity index (χ1v) is 7.08. The molecule has 0 saturated carbocycles. The summed E-state index contributed by atoms with van der Waals surface area (Å²) in [4.78, 5) is 19.9. The van der Waals surface area contributed by atoms with Gasteiger partial charge in [-0.05, 0) is 31.5 Å². The van der Waals surface area contributed by atoms with E-state index in [4.69, 9.17) is 16.3 Å². The van der Waals surface area contributed by atoms with Crippen molar-refractivity contribution < 1.29 is 13.9 Å². The Morgan fingerprint density at radius 2 is 2.18 bits per heavy atom. The van der Waals surface area contributed by atoms with Gasteiger partial charge in [0.1, 0.15) is 10.8 Å². The van der Waals surface area contributed by atoms with Crippen molar-refractivity contribution in [3.8, 4) is 5.88 Å². The molecule has 0 saturated heterocycles. The van der Waals surface area contributed by atoms with Crippen molar-refractivity contribution in [2.75, 3.05) is 6.61 Å². The van der Waals surface area contributed by atoms with Gasteiger partial charge in [-0.25, -0.2) is 9.37 Å². The van der Waals surface area contributed by atoms with Gasteiger partial charge in [-0.1, -0.05) is 11.6 Å². The average Bonchev–Trinajstić information content (AvgIpc) is 2.49. The lowest BCUT2D eigenvalue weighted by atomic mass is 10.1. The molecule has 2 rings (SSSR count). The fraction of sp³-hybridized carbons (Fsp3) is 0.267. The second kappa shape index (κ2) is 7.17. The van der Waals surface area contributed by atoms with Crippen LogP contribution in [0.5, 0.6) is 5.88 Å². The van der Waals surface area contributed by atoms with Crippen LogP contribution in [0.3, 0.4) is 0 Å². The molecule has 5 nitrogen and oxygen atoms in total. The molecule has 0 spiro atoms. The number of aromatic nitrogens is 2. The molecule has 0 aliphatic carbocycles. The minimum atomic E-state index is -0.454. The third kappa shape index (κ3) is 3.92. The predicted octanol–water partition coefficient (Wildman–Crippen LogP) is 3.16. The number of nitrogens with one attached hydrogen (secondary N) is 1. The number of rotatable bonds is 5. The number of hydrogen-bond acceptors (Lipinski definition) is 4. The molecule has 0 unspecified atom stereocenters. The lowest BCUT2D eigenvalue weighted by Crippen LogP contribution is -2.27. The first kappa shape index (κ1) is 16.2. The molecule has 0 bridgehead atoms. The van der Waals surface area contributed by atoms with Gasteiger partial charge < -0.3 is 10.1 Å². The fourth-order valence-electron chi connectivity index (χ4n) is 1.82. The molecule has 2 heterocycles. The number of hydrogen-bond donors (Lipinski definition) is 1. The van der Waals surface area contributed by atoms with E-state index in [1.165, 1.54) is 24.5 Å². The molecule has 116 valence electrons. The van der Waals surface area contributed by atoms with Crippen LogP contribution < -0.4 is 10.1 Å². The zero-order chi connectivity index (χ0) is 16.1. The lowest BCUT2D eigenvalue weighted by molar-refractivity contribution is 0.0939. The smallest absolute Gasteiger partial charge is 0.253 e. The standard InChI is InChI=1S/C15H15ClFN3O2/c1-3-22-15-13(16)5-11(7-19-15)14(21)20-9(2)10-4-12(17)8-18-6-10/h4-9H,3H2,1-2H3,(H,20,21)/t9-/m1/s1. The summed E-state index contributed by atoms with van der Waals surface area (Å²) in [5.41, 5.74) is 0.864. The maximum Gasteiger partial charge on any atom is 0.253 e. The monoisotopic (exact) mass is 323 g/mol. The van der Waals surface area contributed by atoms with E-state index >= 15 is 0 Å². The summed E-state index contributed by atoms with van der Waals surface area (Å²) in [6.45, 7) is 3.98. The topological polar surface area (TPSA) is 64.1 Å². The minimum Gasteiger partial charge on any atom is -0.477 e. The Balaban J connectivity index is 2.10. The summed E-state index contributed by atoms with van der Waals surface area (Å²) < 4.78 is 18.4. The van der Waals surface area contributed by atoms with E-state index in [0.717, 1.165) is 6.20 Å². The molecule has 1 atom stereocenters. The minimum absolute atomic E-state index is 0.259. The van der Waals surface area contributed by atoms with Gasteiger partial charge in [0.15, 0.2) is 0 Å². The number of nitrogens with zero attached hydrogens (tertiary/aromatic N) is 2. The van der Waals surface area contributed by atoms with E-state index in [1.807, 2.05) is 6.92 Å². The molecule has 7 heteroatoms. The zero-order valence-electron chi connectivity index (χ0n) is 12.1. The Hall–Kier alpha value is -2.21. The van der Waals surface area contributed by atoms with Crippen LogP contribution in [0.1, 0.15) is 35.8 Å². The molecule has 22 heavy (non-hydrogen) atoms. The molecule has 1 amide bonds. The van der Waals surface area contributed by atoms with Crippen molar-refractivity contribution in [1.82, 2.24) is 15.3 Å². The summed E-state index contributed by atoms with van der Waals surface area (Å²) in [6, 6.07) is 2.40. The summed E-state index contributed by atoms with van der Waals surface area (Å²) in [5, 5.41) is 2.99. The van der Waals surface area contributed by atoms with Crippen LogP contribution in [-0.4, -0.2) is 22.5 Å². The van der Waals surface area contributed by atoms with Crippen LogP contribution in [0.4, 0.5) is 4.39 Å². The molecule has 0 aliphatic rings. The normalized spacial score (nSPS) is 11.8. The van der Waals surface area contributed by atoms with Crippen LogP contribution in [-0.2, 0) is 0 Å². The molecule has 2 aromatic heterocycles. The van der Waals surface area contributed by atoms with Crippen LogP contribution in [0.15, 0.2) is 30.7 Å². The van der Waals surface area contributed by atoms with E-state index < -0.39 is 11.9 Å². The van der Waals surface area contributed by atoms with E-state index in [-0.39, 0.29) is 16.8 Å². The molecule has 1 N–H and O–H groups in total. The Morgan fingerprint density at radius 3 is 2.82 bits per heavy atom.